The number of carbonyl (C=O) groups excluding carboxylic acids is 1. The van der Waals surface area contributed by atoms with Crippen LogP contribution < -0.4 is 0 Å². The molecule has 1 amide bonds. The second-order valence-electron chi connectivity index (χ2n) is 8.38. The van der Waals surface area contributed by atoms with Crippen LogP contribution in [-0.4, -0.2) is 47.9 Å². The molecule has 0 aromatic heterocycles. The van der Waals surface area contributed by atoms with Crippen LogP contribution in [0, 0.1) is 5.92 Å². The number of hydrogen-bond donors (Lipinski definition) is 0. The number of rotatable bonds is 6. The zero-order valence-corrected chi connectivity index (χ0v) is 17.0. The van der Waals surface area contributed by atoms with Crippen molar-refractivity contribution in [2.45, 2.75) is 44.6 Å². The van der Waals surface area contributed by atoms with Crippen LogP contribution in [0.1, 0.15) is 49.7 Å². The topological polar surface area (TPSA) is 23.6 Å². The van der Waals surface area contributed by atoms with E-state index in [0.29, 0.717) is 24.3 Å². The first-order valence-electron chi connectivity index (χ1n) is 10.9. The zero-order valence-electron chi connectivity index (χ0n) is 17.0. The van der Waals surface area contributed by atoms with Gasteiger partial charge in [0.25, 0.3) is 0 Å². The molecule has 0 unspecified atom stereocenters. The van der Waals surface area contributed by atoms with Gasteiger partial charge in [-0.15, -0.1) is 0 Å². The summed E-state index contributed by atoms with van der Waals surface area (Å²) in [6.45, 7) is 6.52. The summed E-state index contributed by atoms with van der Waals surface area (Å²) in [7, 11) is 0. The fraction of sp³-hybridized carbons (Fsp3) is 0.480. The summed E-state index contributed by atoms with van der Waals surface area (Å²) in [5, 5.41) is 0. The molecule has 4 rings (SSSR count). The molecule has 2 heterocycles. The van der Waals surface area contributed by atoms with Crippen molar-refractivity contribution in [3.05, 3.63) is 71.8 Å². The van der Waals surface area contributed by atoms with E-state index in [1.807, 2.05) is 0 Å². The lowest BCUT2D eigenvalue weighted by molar-refractivity contribution is -0.141. The molecule has 2 fully saturated rings. The molecule has 3 heteroatoms. The Balaban J connectivity index is 1.58. The van der Waals surface area contributed by atoms with Crippen LogP contribution in [0.25, 0.3) is 0 Å². The van der Waals surface area contributed by atoms with Gasteiger partial charge in [0.2, 0.25) is 5.91 Å². The minimum Gasteiger partial charge on any atom is -0.338 e. The first kappa shape index (κ1) is 19.2. The lowest BCUT2D eigenvalue weighted by Crippen LogP contribution is -2.56. The second-order valence-corrected chi connectivity index (χ2v) is 8.38. The van der Waals surface area contributed by atoms with Crippen molar-refractivity contribution in [2.24, 2.45) is 5.92 Å². The van der Waals surface area contributed by atoms with Crippen LogP contribution in [0.3, 0.4) is 0 Å². The van der Waals surface area contributed by atoms with Gasteiger partial charge < -0.3 is 9.80 Å². The molecule has 28 heavy (non-hydrogen) atoms. The van der Waals surface area contributed by atoms with E-state index in [4.69, 9.17) is 0 Å². The Morgan fingerprint density at radius 1 is 0.964 bits per heavy atom. The first-order valence-corrected chi connectivity index (χ1v) is 10.9. The summed E-state index contributed by atoms with van der Waals surface area (Å²) in [4.78, 5) is 17.8. The Hall–Kier alpha value is -2.13. The van der Waals surface area contributed by atoms with Crippen LogP contribution in [0.4, 0.5) is 0 Å². The summed E-state index contributed by atoms with van der Waals surface area (Å²) >= 11 is 0. The van der Waals surface area contributed by atoms with Gasteiger partial charge in [0.05, 0.1) is 0 Å². The van der Waals surface area contributed by atoms with Gasteiger partial charge in [0, 0.05) is 38.0 Å². The Kier molecular flexibility index (Phi) is 6.11. The van der Waals surface area contributed by atoms with Gasteiger partial charge in [0.1, 0.15) is 0 Å². The Labute approximate surface area is 169 Å². The fourth-order valence-corrected chi connectivity index (χ4v) is 5.15. The molecule has 148 valence electrons. The van der Waals surface area contributed by atoms with Crippen molar-refractivity contribution in [2.75, 3.05) is 26.2 Å². The number of amides is 1. The van der Waals surface area contributed by atoms with E-state index in [-0.39, 0.29) is 5.92 Å². The predicted octanol–water partition coefficient (Wildman–Crippen LogP) is 4.54. The normalized spacial score (nSPS) is 23.1. The SMILES string of the molecule is CCCN1CC[C@H]2[C@H](CCC(=O)N2CC(c2ccccc2)c2ccccc2)C1. The standard InChI is InChI=1S/C25H32N2O/c1-2-16-26-17-15-24-22(18-26)13-14-25(28)27(24)19-23(20-9-5-3-6-10-20)21-11-7-4-8-12-21/h3-12,22-24H,2,13-19H2,1H3/t22-,24+/m1/s1. The van der Waals surface area contributed by atoms with E-state index in [1.54, 1.807) is 0 Å². The molecule has 2 aliphatic heterocycles. The predicted molar refractivity (Wildman–Crippen MR) is 114 cm³/mol. The summed E-state index contributed by atoms with van der Waals surface area (Å²) in [5.41, 5.74) is 2.60. The molecule has 0 saturated carbocycles. The average Bonchev–Trinajstić information content (AvgIpc) is 2.75. The Morgan fingerprint density at radius 3 is 2.21 bits per heavy atom. The molecule has 0 aliphatic carbocycles. The number of nitrogens with zero attached hydrogens (tertiary/aromatic N) is 2. The van der Waals surface area contributed by atoms with E-state index in [1.165, 1.54) is 24.1 Å². The third-order valence-corrected chi connectivity index (χ3v) is 6.55. The molecule has 2 aromatic carbocycles. The molecule has 0 spiro atoms. The molecular formula is C25H32N2O. The van der Waals surface area contributed by atoms with E-state index in [0.717, 1.165) is 32.5 Å². The lowest BCUT2D eigenvalue weighted by atomic mass is 9.81. The van der Waals surface area contributed by atoms with Crippen LogP contribution in [0.15, 0.2) is 60.7 Å². The van der Waals surface area contributed by atoms with Gasteiger partial charge in [0.15, 0.2) is 0 Å². The largest absolute Gasteiger partial charge is 0.338 e. The fourth-order valence-electron chi connectivity index (χ4n) is 5.15. The molecule has 0 N–H and O–H groups in total. The van der Waals surface area contributed by atoms with Gasteiger partial charge in [-0.3, -0.25) is 4.79 Å². The number of piperidine rings is 2. The van der Waals surface area contributed by atoms with Gasteiger partial charge in [-0.05, 0) is 42.9 Å². The minimum absolute atomic E-state index is 0.235. The van der Waals surface area contributed by atoms with E-state index in [9.17, 15) is 4.79 Å². The molecular weight excluding hydrogens is 344 g/mol. The van der Waals surface area contributed by atoms with Crippen LogP contribution in [-0.2, 0) is 4.79 Å². The van der Waals surface area contributed by atoms with Crippen LogP contribution in [0.2, 0.25) is 0 Å². The first-order chi connectivity index (χ1) is 13.8. The summed E-state index contributed by atoms with van der Waals surface area (Å²) in [6, 6.07) is 21.8. The van der Waals surface area contributed by atoms with Crippen molar-refractivity contribution in [3.8, 4) is 0 Å². The number of fused-ring (bicyclic) bond motifs is 1. The number of benzene rings is 2. The molecule has 2 aliphatic rings. The third-order valence-electron chi connectivity index (χ3n) is 6.55. The van der Waals surface area contributed by atoms with Gasteiger partial charge in [-0.2, -0.15) is 0 Å². The molecule has 0 bridgehead atoms. The Bertz CT molecular complexity index is 721. The highest BCUT2D eigenvalue weighted by Gasteiger charge is 2.40. The van der Waals surface area contributed by atoms with Gasteiger partial charge in [-0.1, -0.05) is 67.6 Å². The maximum absolute atomic E-state index is 13.0. The maximum Gasteiger partial charge on any atom is 0.222 e. The molecule has 2 saturated heterocycles. The third kappa shape index (κ3) is 4.15. The lowest BCUT2D eigenvalue weighted by Gasteiger charge is -2.48. The highest BCUT2D eigenvalue weighted by atomic mass is 16.2. The van der Waals surface area contributed by atoms with Crippen molar-refractivity contribution in [3.63, 3.8) is 0 Å². The van der Waals surface area contributed by atoms with Crippen molar-refractivity contribution < 1.29 is 4.79 Å². The smallest absolute Gasteiger partial charge is 0.222 e. The average molecular weight is 377 g/mol. The highest BCUT2D eigenvalue weighted by Crippen LogP contribution is 2.34. The monoisotopic (exact) mass is 376 g/mol. The number of likely N-dealkylation sites (tertiary alicyclic amines) is 2. The molecule has 2 atom stereocenters. The van der Waals surface area contributed by atoms with E-state index >= 15 is 0 Å². The molecule has 3 nitrogen and oxygen atoms in total. The van der Waals surface area contributed by atoms with Gasteiger partial charge >= 0.3 is 0 Å². The highest BCUT2D eigenvalue weighted by molar-refractivity contribution is 5.77. The molecule has 0 radical (unpaired) electrons. The van der Waals surface area contributed by atoms with Crippen LogP contribution >= 0.6 is 0 Å². The summed E-state index contributed by atoms with van der Waals surface area (Å²) in [5.74, 6) is 1.21. The van der Waals surface area contributed by atoms with Gasteiger partial charge in [-0.25, -0.2) is 0 Å². The van der Waals surface area contributed by atoms with E-state index < -0.39 is 0 Å². The zero-order chi connectivity index (χ0) is 19.3. The number of carbonyl (C=O) groups is 1. The Morgan fingerprint density at radius 2 is 1.61 bits per heavy atom. The minimum atomic E-state index is 0.235. The molecule has 2 aromatic rings. The second kappa shape index (κ2) is 8.91. The summed E-state index contributed by atoms with van der Waals surface area (Å²) < 4.78 is 0. The van der Waals surface area contributed by atoms with Crippen LogP contribution in [0.5, 0.6) is 0 Å². The van der Waals surface area contributed by atoms with Crippen molar-refractivity contribution in [1.29, 1.82) is 0 Å². The van der Waals surface area contributed by atoms with Crippen molar-refractivity contribution >= 4 is 5.91 Å². The van der Waals surface area contributed by atoms with E-state index in [2.05, 4.69) is 77.4 Å². The van der Waals surface area contributed by atoms with Crippen molar-refractivity contribution in [1.82, 2.24) is 9.80 Å². The quantitative estimate of drug-likeness (QED) is 0.739. The maximum atomic E-state index is 13.0. The number of hydrogen-bond acceptors (Lipinski definition) is 2. The summed E-state index contributed by atoms with van der Waals surface area (Å²) in [6.07, 6.45) is 4.09.